The zero-order chi connectivity index (χ0) is 10.6. The standard InChI is InChI=1S/C9H10Cl2N2O/c10-6-3-7(11)5-8(4-6)13-2-1-9(12)14/h3-5,13H,1-2H2,(H2,12,14). The second kappa shape index (κ2) is 5.08. The van der Waals surface area contributed by atoms with E-state index in [4.69, 9.17) is 28.9 Å². The Bertz CT molecular complexity index is 321. The first kappa shape index (κ1) is 11.1. The normalized spacial score (nSPS) is 9.86. The van der Waals surface area contributed by atoms with Crippen molar-refractivity contribution in [3.05, 3.63) is 28.2 Å². The monoisotopic (exact) mass is 232 g/mol. The summed E-state index contributed by atoms with van der Waals surface area (Å²) in [7, 11) is 0. The van der Waals surface area contributed by atoms with Crippen LogP contribution in [-0.4, -0.2) is 12.5 Å². The van der Waals surface area contributed by atoms with Crippen LogP contribution >= 0.6 is 23.2 Å². The molecular weight excluding hydrogens is 223 g/mol. The quantitative estimate of drug-likeness (QED) is 0.838. The highest BCUT2D eigenvalue weighted by Crippen LogP contribution is 2.22. The number of benzene rings is 1. The second-order valence-corrected chi connectivity index (χ2v) is 3.67. The SMILES string of the molecule is NC(=O)CCNc1cc(Cl)cc(Cl)c1. The highest BCUT2D eigenvalue weighted by atomic mass is 35.5. The average Bonchev–Trinajstić information content (AvgIpc) is 2.01. The number of nitrogens with one attached hydrogen (secondary N) is 1. The molecule has 0 atom stereocenters. The lowest BCUT2D eigenvalue weighted by Gasteiger charge is -2.05. The molecule has 0 saturated heterocycles. The van der Waals surface area contributed by atoms with Gasteiger partial charge in [-0.25, -0.2) is 0 Å². The van der Waals surface area contributed by atoms with Crippen LogP contribution < -0.4 is 11.1 Å². The zero-order valence-electron chi connectivity index (χ0n) is 7.39. The lowest BCUT2D eigenvalue weighted by molar-refractivity contribution is -0.117. The van der Waals surface area contributed by atoms with Crippen molar-refractivity contribution in [1.82, 2.24) is 0 Å². The van der Waals surface area contributed by atoms with Crippen LogP contribution in [0, 0.1) is 0 Å². The molecule has 3 N–H and O–H groups in total. The van der Waals surface area contributed by atoms with Crippen molar-refractivity contribution in [1.29, 1.82) is 0 Å². The van der Waals surface area contributed by atoms with Crippen LogP contribution in [0.25, 0.3) is 0 Å². The lowest BCUT2D eigenvalue weighted by Crippen LogP contribution is -2.15. The molecule has 0 radical (unpaired) electrons. The Kier molecular flexibility index (Phi) is 4.04. The molecule has 0 spiro atoms. The summed E-state index contributed by atoms with van der Waals surface area (Å²) in [6.07, 6.45) is 0.282. The van der Waals surface area contributed by atoms with Gasteiger partial charge in [0.15, 0.2) is 0 Å². The van der Waals surface area contributed by atoms with Gasteiger partial charge in [-0.2, -0.15) is 0 Å². The van der Waals surface area contributed by atoms with Gasteiger partial charge in [-0.15, -0.1) is 0 Å². The molecule has 0 aliphatic carbocycles. The molecule has 1 aromatic carbocycles. The number of nitrogens with two attached hydrogens (primary N) is 1. The fourth-order valence-electron chi connectivity index (χ4n) is 0.986. The van der Waals surface area contributed by atoms with E-state index in [-0.39, 0.29) is 12.3 Å². The molecule has 1 amide bonds. The summed E-state index contributed by atoms with van der Waals surface area (Å²) in [5.74, 6) is -0.342. The minimum absolute atomic E-state index is 0.282. The minimum Gasteiger partial charge on any atom is -0.384 e. The Morgan fingerprint density at radius 3 is 2.36 bits per heavy atom. The molecule has 0 aliphatic heterocycles. The minimum atomic E-state index is -0.342. The Morgan fingerprint density at radius 2 is 1.86 bits per heavy atom. The molecule has 0 heterocycles. The summed E-state index contributed by atoms with van der Waals surface area (Å²) in [6, 6.07) is 5.10. The molecule has 0 saturated carbocycles. The van der Waals surface area contributed by atoms with E-state index in [0.29, 0.717) is 16.6 Å². The van der Waals surface area contributed by atoms with Gasteiger partial charge in [0.25, 0.3) is 0 Å². The van der Waals surface area contributed by atoms with Crippen LogP contribution in [-0.2, 0) is 4.79 Å². The highest BCUT2D eigenvalue weighted by Gasteiger charge is 1.98. The Balaban J connectivity index is 2.54. The molecule has 14 heavy (non-hydrogen) atoms. The Hall–Kier alpha value is -0.930. The topological polar surface area (TPSA) is 55.1 Å². The number of halogens is 2. The number of primary amides is 1. The fraction of sp³-hybridized carbons (Fsp3) is 0.222. The van der Waals surface area contributed by atoms with Crippen molar-refractivity contribution in [3.8, 4) is 0 Å². The highest BCUT2D eigenvalue weighted by molar-refractivity contribution is 6.35. The second-order valence-electron chi connectivity index (χ2n) is 2.80. The summed E-state index contributed by atoms with van der Waals surface area (Å²) in [6.45, 7) is 0.478. The predicted molar refractivity (Wildman–Crippen MR) is 58.8 cm³/mol. The number of anilines is 1. The predicted octanol–water partition coefficient (Wildman–Crippen LogP) is 2.28. The summed E-state index contributed by atoms with van der Waals surface area (Å²) in [4.78, 5) is 10.5. The van der Waals surface area contributed by atoms with E-state index in [2.05, 4.69) is 5.32 Å². The molecule has 1 rings (SSSR count). The van der Waals surface area contributed by atoms with Crippen molar-refractivity contribution in [2.24, 2.45) is 5.73 Å². The molecule has 0 aromatic heterocycles. The Morgan fingerprint density at radius 1 is 1.29 bits per heavy atom. The van der Waals surface area contributed by atoms with Crippen molar-refractivity contribution < 1.29 is 4.79 Å². The maximum Gasteiger partial charge on any atom is 0.219 e. The molecule has 0 unspecified atom stereocenters. The smallest absolute Gasteiger partial charge is 0.219 e. The molecule has 0 aliphatic rings. The third-order valence-corrected chi connectivity index (χ3v) is 2.00. The largest absolute Gasteiger partial charge is 0.384 e. The van der Waals surface area contributed by atoms with Gasteiger partial charge in [0.2, 0.25) is 5.91 Å². The van der Waals surface area contributed by atoms with Crippen molar-refractivity contribution >= 4 is 34.8 Å². The van der Waals surface area contributed by atoms with Gasteiger partial charge in [0.1, 0.15) is 0 Å². The molecular formula is C9H10Cl2N2O. The van der Waals surface area contributed by atoms with Crippen LogP contribution in [0.3, 0.4) is 0 Å². The molecule has 0 bridgehead atoms. The first-order valence-corrected chi connectivity index (χ1v) is 4.82. The first-order valence-electron chi connectivity index (χ1n) is 4.06. The maximum absolute atomic E-state index is 10.5. The maximum atomic E-state index is 10.5. The molecule has 0 fully saturated rings. The number of rotatable bonds is 4. The van der Waals surface area contributed by atoms with E-state index < -0.39 is 0 Å². The van der Waals surface area contributed by atoms with Gasteiger partial charge in [0.05, 0.1) is 0 Å². The molecule has 76 valence electrons. The van der Waals surface area contributed by atoms with Gasteiger partial charge >= 0.3 is 0 Å². The van der Waals surface area contributed by atoms with E-state index in [9.17, 15) is 4.79 Å². The van der Waals surface area contributed by atoms with Crippen molar-refractivity contribution in [2.75, 3.05) is 11.9 Å². The molecule has 1 aromatic rings. The van der Waals surface area contributed by atoms with E-state index in [1.165, 1.54) is 0 Å². The van der Waals surface area contributed by atoms with Crippen molar-refractivity contribution in [3.63, 3.8) is 0 Å². The number of hydrogen-bond acceptors (Lipinski definition) is 2. The first-order chi connectivity index (χ1) is 6.58. The zero-order valence-corrected chi connectivity index (χ0v) is 8.90. The number of hydrogen-bond donors (Lipinski definition) is 2. The number of carbonyl (C=O) groups is 1. The van der Waals surface area contributed by atoms with Crippen LogP contribution in [0.15, 0.2) is 18.2 Å². The summed E-state index contributed by atoms with van der Waals surface area (Å²) in [5, 5.41) is 4.10. The summed E-state index contributed by atoms with van der Waals surface area (Å²) >= 11 is 11.6. The summed E-state index contributed by atoms with van der Waals surface area (Å²) < 4.78 is 0. The van der Waals surface area contributed by atoms with Crippen LogP contribution in [0.2, 0.25) is 10.0 Å². The van der Waals surface area contributed by atoms with Gasteiger partial charge < -0.3 is 11.1 Å². The number of carbonyl (C=O) groups excluding carboxylic acids is 1. The third-order valence-electron chi connectivity index (χ3n) is 1.56. The lowest BCUT2D eigenvalue weighted by atomic mass is 10.3. The van der Waals surface area contributed by atoms with E-state index >= 15 is 0 Å². The van der Waals surface area contributed by atoms with E-state index in [0.717, 1.165) is 5.69 Å². The van der Waals surface area contributed by atoms with E-state index in [1.807, 2.05) is 0 Å². The van der Waals surface area contributed by atoms with Crippen molar-refractivity contribution in [2.45, 2.75) is 6.42 Å². The molecule has 5 heteroatoms. The van der Waals surface area contributed by atoms with Crippen LogP contribution in [0.4, 0.5) is 5.69 Å². The van der Waals surface area contributed by atoms with Gasteiger partial charge in [-0.05, 0) is 18.2 Å². The van der Waals surface area contributed by atoms with Gasteiger partial charge in [-0.3, -0.25) is 4.79 Å². The molecule has 3 nitrogen and oxygen atoms in total. The van der Waals surface area contributed by atoms with Crippen LogP contribution in [0.1, 0.15) is 6.42 Å². The van der Waals surface area contributed by atoms with Crippen LogP contribution in [0.5, 0.6) is 0 Å². The van der Waals surface area contributed by atoms with Gasteiger partial charge in [0, 0.05) is 28.7 Å². The summed E-state index contributed by atoms with van der Waals surface area (Å²) in [5.41, 5.74) is 5.77. The van der Waals surface area contributed by atoms with E-state index in [1.54, 1.807) is 18.2 Å². The average molecular weight is 233 g/mol. The van der Waals surface area contributed by atoms with Gasteiger partial charge in [-0.1, -0.05) is 23.2 Å². The Labute approximate surface area is 92.2 Å². The third kappa shape index (κ3) is 3.85. The fourth-order valence-corrected chi connectivity index (χ4v) is 1.51. The number of amides is 1.